The van der Waals surface area contributed by atoms with Crippen LogP contribution in [0, 0.1) is 17.8 Å². The number of fused-ring (bicyclic) bond motifs is 1. The van der Waals surface area contributed by atoms with Crippen molar-refractivity contribution in [2.45, 2.75) is 13.3 Å². The Hall–Kier alpha value is -1.38. The van der Waals surface area contributed by atoms with Crippen LogP contribution in [0.3, 0.4) is 0 Å². The summed E-state index contributed by atoms with van der Waals surface area (Å²) in [6, 6.07) is 0. The summed E-state index contributed by atoms with van der Waals surface area (Å²) < 4.78 is 4.89. The summed E-state index contributed by atoms with van der Waals surface area (Å²) in [5, 5.41) is 0. The van der Waals surface area contributed by atoms with E-state index >= 15 is 0 Å². The smallest absolute Gasteiger partial charge is 0.316 e. The molecule has 3 unspecified atom stereocenters. The van der Waals surface area contributed by atoms with Crippen molar-refractivity contribution in [1.29, 1.82) is 0 Å². The molecule has 0 aromatic carbocycles. The molecule has 0 saturated heterocycles. The summed E-state index contributed by atoms with van der Waals surface area (Å²) in [6.07, 6.45) is 8.28. The molecule has 0 radical (unpaired) electrons. The standard InChI is InChI=1S/C12H14O3/c1-2-15-12(14)10-7-8-5-3-4-6-9(8)11(10)13/h3-6,8-10H,2,7H2,1H3. The highest BCUT2D eigenvalue weighted by Gasteiger charge is 2.44. The summed E-state index contributed by atoms with van der Waals surface area (Å²) in [5.41, 5.74) is 0. The average Bonchev–Trinajstić information content (AvgIpc) is 2.57. The number of allylic oxidation sites excluding steroid dienone is 4. The van der Waals surface area contributed by atoms with E-state index in [-0.39, 0.29) is 23.6 Å². The highest BCUT2D eigenvalue weighted by Crippen LogP contribution is 2.37. The minimum atomic E-state index is -0.549. The minimum absolute atomic E-state index is 0.0130. The van der Waals surface area contributed by atoms with E-state index in [0.29, 0.717) is 13.0 Å². The molecule has 3 nitrogen and oxygen atoms in total. The normalized spacial score (nSPS) is 32.9. The fourth-order valence-corrected chi connectivity index (χ4v) is 2.26. The molecule has 0 bridgehead atoms. The first-order chi connectivity index (χ1) is 7.24. The SMILES string of the molecule is CCOC(=O)C1CC2C=CC=CC2C1=O. The molecule has 1 saturated carbocycles. The van der Waals surface area contributed by atoms with Crippen molar-refractivity contribution >= 4 is 11.8 Å². The first-order valence-corrected chi connectivity index (χ1v) is 5.29. The Bertz CT molecular complexity index is 341. The lowest BCUT2D eigenvalue weighted by atomic mass is 9.92. The van der Waals surface area contributed by atoms with E-state index in [0.717, 1.165) is 0 Å². The van der Waals surface area contributed by atoms with Crippen LogP contribution < -0.4 is 0 Å². The monoisotopic (exact) mass is 206 g/mol. The van der Waals surface area contributed by atoms with E-state index in [1.54, 1.807) is 6.92 Å². The Kier molecular flexibility index (Phi) is 2.71. The molecule has 3 heteroatoms. The van der Waals surface area contributed by atoms with Gasteiger partial charge in [-0.3, -0.25) is 9.59 Å². The lowest BCUT2D eigenvalue weighted by Gasteiger charge is -2.11. The molecule has 0 spiro atoms. The number of carbonyl (C=O) groups excluding carboxylic acids is 2. The first kappa shape index (κ1) is 10.1. The van der Waals surface area contributed by atoms with E-state index < -0.39 is 5.92 Å². The van der Waals surface area contributed by atoms with Crippen molar-refractivity contribution in [3.05, 3.63) is 24.3 Å². The molecule has 2 aliphatic carbocycles. The van der Waals surface area contributed by atoms with Crippen molar-refractivity contribution in [3.8, 4) is 0 Å². The summed E-state index contributed by atoms with van der Waals surface area (Å²) in [7, 11) is 0. The Morgan fingerprint density at radius 2 is 2.20 bits per heavy atom. The molecule has 0 aromatic rings. The van der Waals surface area contributed by atoms with Gasteiger partial charge in [0, 0.05) is 5.92 Å². The molecule has 3 atom stereocenters. The lowest BCUT2D eigenvalue weighted by Crippen LogP contribution is -2.23. The van der Waals surface area contributed by atoms with Crippen LogP contribution in [0.1, 0.15) is 13.3 Å². The van der Waals surface area contributed by atoms with E-state index in [2.05, 4.69) is 0 Å². The van der Waals surface area contributed by atoms with Crippen molar-refractivity contribution < 1.29 is 14.3 Å². The van der Waals surface area contributed by atoms with Gasteiger partial charge < -0.3 is 4.74 Å². The zero-order valence-corrected chi connectivity index (χ0v) is 8.68. The maximum atomic E-state index is 11.9. The molecule has 0 aromatic heterocycles. The van der Waals surface area contributed by atoms with Gasteiger partial charge in [0.05, 0.1) is 6.61 Å². The summed E-state index contributed by atoms with van der Waals surface area (Å²) in [4.78, 5) is 23.4. The van der Waals surface area contributed by atoms with Crippen LogP contribution in [-0.4, -0.2) is 18.4 Å². The Morgan fingerprint density at radius 3 is 2.87 bits per heavy atom. The Labute approximate surface area is 88.8 Å². The topological polar surface area (TPSA) is 43.4 Å². The fourth-order valence-electron chi connectivity index (χ4n) is 2.26. The first-order valence-electron chi connectivity index (χ1n) is 5.29. The number of rotatable bonds is 2. The van der Waals surface area contributed by atoms with Crippen molar-refractivity contribution in [3.63, 3.8) is 0 Å². The highest BCUT2D eigenvalue weighted by molar-refractivity contribution is 6.03. The van der Waals surface area contributed by atoms with Gasteiger partial charge in [-0.2, -0.15) is 0 Å². The number of ketones is 1. The minimum Gasteiger partial charge on any atom is -0.465 e. The predicted octanol–water partition coefficient (Wildman–Crippen LogP) is 1.50. The third-order valence-electron chi connectivity index (χ3n) is 3.00. The fraction of sp³-hybridized carbons (Fsp3) is 0.500. The zero-order valence-electron chi connectivity index (χ0n) is 8.68. The largest absolute Gasteiger partial charge is 0.465 e. The maximum Gasteiger partial charge on any atom is 0.316 e. The summed E-state index contributed by atoms with van der Waals surface area (Å²) in [6.45, 7) is 2.09. The number of esters is 1. The van der Waals surface area contributed by atoms with Gasteiger partial charge in [-0.25, -0.2) is 0 Å². The van der Waals surface area contributed by atoms with Gasteiger partial charge in [0.15, 0.2) is 5.78 Å². The summed E-state index contributed by atoms with van der Waals surface area (Å²) >= 11 is 0. The van der Waals surface area contributed by atoms with Gasteiger partial charge in [0.1, 0.15) is 5.92 Å². The quantitative estimate of drug-likeness (QED) is 0.508. The van der Waals surface area contributed by atoms with Gasteiger partial charge in [0.2, 0.25) is 0 Å². The molecular formula is C12H14O3. The number of Topliss-reactive ketones (excluding diaryl/α,β-unsaturated/α-hetero) is 1. The molecule has 2 rings (SSSR count). The number of carbonyl (C=O) groups is 2. The predicted molar refractivity (Wildman–Crippen MR) is 55.0 cm³/mol. The lowest BCUT2D eigenvalue weighted by molar-refractivity contribution is -0.150. The van der Waals surface area contributed by atoms with E-state index in [1.165, 1.54) is 0 Å². The molecule has 0 heterocycles. The van der Waals surface area contributed by atoms with Crippen LogP contribution in [0.25, 0.3) is 0 Å². The average molecular weight is 206 g/mol. The number of hydrogen-bond donors (Lipinski definition) is 0. The van der Waals surface area contributed by atoms with E-state index in [9.17, 15) is 9.59 Å². The van der Waals surface area contributed by atoms with Crippen LogP contribution in [0.4, 0.5) is 0 Å². The van der Waals surface area contributed by atoms with E-state index in [4.69, 9.17) is 4.74 Å². The maximum absolute atomic E-state index is 11.9. The zero-order chi connectivity index (χ0) is 10.8. The molecule has 2 aliphatic rings. The van der Waals surface area contributed by atoms with Gasteiger partial charge in [-0.05, 0) is 19.3 Å². The van der Waals surface area contributed by atoms with Crippen LogP contribution >= 0.6 is 0 Å². The number of ether oxygens (including phenoxy) is 1. The van der Waals surface area contributed by atoms with Crippen LogP contribution in [0.2, 0.25) is 0 Å². The molecule has 0 amide bonds. The third-order valence-corrected chi connectivity index (χ3v) is 3.00. The van der Waals surface area contributed by atoms with Crippen molar-refractivity contribution in [2.75, 3.05) is 6.61 Å². The van der Waals surface area contributed by atoms with Crippen molar-refractivity contribution in [1.82, 2.24) is 0 Å². The van der Waals surface area contributed by atoms with Gasteiger partial charge in [-0.1, -0.05) is 24.3 Å². The highest BCUT2D eigenvalue weighted by atomic mass is 16.5. The molecule has 0 N–H and O–H groups in total. The third kappa shape index (κ3) is 1.74. The molecule has 1 fully saturated rings. The van der Waals surface area contributed by atoms with Gasteiger partial charge >= 0.3 is 5.97 Å². The Balaban J connectivity index is 2.12. The summed E-state index contributed by atoms with van der Waals surface area (Å²) in [5.74, 6) is -0.814. The second kappa shape index (κ2) is 4.01. The van der Waals surface area contributed by atoms with Crippen LogP contribution in [0.5, 0.6) is 0 Å². The van der Waals surface area contributed by atoms with Gasteiger partial charge in [0.25, 0.3) is 0 Å². The van der Waals surface area contributed by atoms with Crippen LogP contribution in [-0.2, 0) is 14.3 Å². The Morgan fingerprint density at radius 1 is 1.47 bits per heavy atom. The van der Waals surface area contributed by atoms with Crippen molar-refractivity contribution in [2.24, 2.45) is 17.8 Å². The second-order valence-electron chi connectivity index (χ2n) is 3.90. The second-order valence-corrected chi connectivity index (χ2v) is 3.90. The van der Waals surface area contributed by atoms with Gasteiger partial charge in [-0.15, -0.1) is 0 Å². The number of hydrogen-bond acceptors (Lipinski definition) is 3. The van der Waals surface area contributed by atoms with Crippen LogP contribution in [0.15, 0.2) is 24.3 Å². The molecule has 0 aliphatic heterocycles. The van der Waals surface area contributed by atoms with E-state index in [1.807, 2.05) is 24.3 Å². The molecule has 15 heavy (non-hydrogen) atoms. The molecule has 80 valence electrons. The molecular weight excluding hydrogens is 192 g/mol.